The summed E-state index contributed by atoms with van der Waals surface area (Å²) in [7, 11) is 4.09. The van der Waals surface area contributed by atoms with Gasteiger partial charge in [0.05, 0.1) is 6.04 Å². The lowest BCUT2D eigenvalue weighted by Gasteiger charge is -2.21. The van der Waals surface area contributed by atoms with Crippen LogP contribution in [-0.2, 0) is 7.05 Å². The van der Waals surface area contributed by atoms with E-state index in [2.05, 4.69) is 33.7 Å². The summed E-state index contributed by atoms with van der Waals surface area (Å²) in [6.45, 7) is 0. The summed E-state index contributed by atoms with van der Waals surface area (Å²) in [5.41, 5.74) is 0. The summed E-state index contributed by atoms with van der Waals surface area (Å²) in [6, 6.07) is 0.421. The fourth-order valence-corrected chi connectivity index (χ4v) is 3.37. The van der Waals surface area contributed by atoms with Gasteiger partial charge in [-0.2, -0.15) is 11.8 Å². The van der Waals surface area contributed by atoms with Gasteiger partial charge in [0.2, 0.25) is 0 Å². The van der Waals surface area contributed by atoms with Crippen LogP contribution in [-0.4, -0.2) is 28.1 Å². The average Bonchev–Trinajstić information content (AvgIpc) is 2.80. The minimum absolute atomic E-state index is 0.421. The molecular formula is C10H17N3S. The summed E-state index contributed by atoms with van der Waals surface area (Å²) >= 11 is 2.05. The Labute approximate surface area is 89.3 Å². The van der Waals surface area contributed by atoms with Crippen LogP contribution in [0.25, 0.3) is 0 Å². The molecule has 0 aromatic carbocycles. The molecule has 1 aliphatic rings. The molecule has 1 aromatic heterocycles. The molecule has 2 rings (SSSR count). The lowest BCUT2D eigenvalue weighted by Crippen LogP contribution is -2.27. The SMILES string of the molecule is CNC(c1nccn1C)C1CCSC1. The molecule has 0 radical (unpaired) electrons. The summed E-state index contributed by atoms with van der Waals surface area (Å²) < 4.78 is 2.12. The normalized spacial score (nSPS) is 24.0. The van der Waals surface area contributed by atoms with Crippen molar-refractivity contribution in [3.8, 4) is 0 Å². The van der Waals surface area contributed by atoms with E-state index in [0.717, 1.165) is 5.92 Å². The van der Waals surface area contributed by atoms with E-state index in [1.54, 1.807) is 0 Å². The van der Waals surface area contributed by atoms with Crippen molar-refractivity contribution in [2.24, 2.45) is 13.0 Å². The Balaban J connectivity index is 2.16. The Kier molecular flexibility index (Phi) is 3.13. The fourth-order valence-electron chi connectivity index (χ4n) is 2.07. The highest BCUT2D eigenvalue weighted by Crippen LogP contribution is 2.32. The molecule has 2 heterocycles. The van der Waals surface area contributed by atoms with E-state index in [1.807, 2.05) is 19.4 Å². The summed E-state index contributed by atoms with van der Waals surface area (Å²) in [4.78, 5) is 4.42. The number of aromatic nitrogens is 2. The van der Waals surface area contributed by atoms with E-state index in [9.17, 15) is 0 Å². The van der Waals surface area contributed by atoms with E-state index in [-0.39, 0.29) is 0 Å². The minimum Gasteiger partial charge on any atom is -0.337 e. The van der Waals surface area contributed by atoms with E-state index in [1.165, 1.54) is 23.8 Å². The van der Waals surface area contributed by atoms with Crippen molar-refractivity contribution in [3.05, 3.63) is 18.2 Å². The van der Waals surface area contributed by atoms with Gasteiger partial charge in [-0.25, -0.2) is 4.98 Å². The number of imidazole rings is 1. The highest BCUT2D eigenvalue weighted by Gasteiger charge is 2.27. The van der Waals surface area contributed by atoms with Crippen LogP contribution in [0.5, 0.6) is 0 Å². The average molecular weight is 211 g/mol. The van der Waals surface area contributed by atoms with Gasteiger partial charge in [0.25, 0.3) is 0 Å². The van der Waals surface area contributed by atoms with Gasteiger partial charge in [-0.1, -0.05) is 0 Å². The number of aryl methyl sites for hydroxylation is 1. The zero-order valence-electron chi connectivity index (χ0n) is 8.73. The van der Waals surface area contributed by atoms with Gasteiger partial charge < -0.3 is 9.88 Å². The molecule has 1 N–H and O–H groups in total. The molecule has 0 aliphatic carbocycles. The van der Waals surface area contributed by atoms with E-state index >= 15 is 0 Å². The van der Waals surface area contributed by atoms with Gasteiger partial charge in [0.15, 0.2) is 0 Å². The smallest absolute Gasteiger partial charge is 0.125 e. The third-order valence-corrected chi connectivity index (χ3v) is 4.07. The first kappa shape index (κ1) is 10.1. The highest BCUT2D eigenvalue weighted by atomic mass is 32.2. The predicted octanol–water partition coefficient (Wildman–Crippen LogP) is 1.43. The molecule has 2 unspecified atom stereocenters. The van der Waals surface area contributed by atoms with Crippen molar-refractivity contribution in [2.75, 3.05) is 18.6 Å². The number of rotatable bonds is 3. The van der Waals surface area contributed by atoms with Crippen LogP contribution in [0.3, 0.4) is 0 Å². The van der Waals surface area contributed by atoms with Gasteiger partial charge in [0, 0.05) is 19.4 Å². The van der Waals surface area contributed by atoms with Crippen LogP contribution < -0.4 is 5.32 Å². The van der Waals surface area contributed by atoms with Gasteiger partial charge in [-0.05, 0) is 30.9 Å². The number of hydrogen-bond acceptors (Lipinski definition) is 3. The van der Waals surface area contributed by atoms with Crippen molar-refractivity contribution in [1.82, 2.24) is 14.9 Å². The molecule has 4 heteroatoms. The lowest BCUT2D eigenvalue weighted by atomic mass is 9.99. The van der Waals surface area contributed by atoms with E-state index < -0.39 is 0 Å². The number of nitrogens with zero attached hydrogens (tertiary/aromatic N) is 2. The topological polar surface area (TPSA) is 29.9 Å². The maximum atomic E-state index is 4.42. The van der Waals surface area contributed by atoms with Crippen LogP contribution in [0, 0.1) is 5.92 Å². The molecule has 14 heavy (non-hydrogen) atoms. The van der Waals surface area contributed by atoms with Crippen LogP contribution in [0.4, 0.5) is 0 Å². The van der Waals surface area contributed by atoms with Crippen LogP contribution in [0.15, 0.2) is 12.4 Å². The van der Waals surface area contributed by atoms with Crippen LogP contribution in [0.1, 0.15) is 18.3 Å². The first-order valence-electron chi connectivity index (χ1n) is 5.05. The maximum Gasteiger partial charge on any atom is 0.125 e. The van der Waals surface area contributed by atoms with Crippen LogP contribution in [0.2, 0.25) is 0 Å². The van der Waals surface area contributed by atoms with Crippen molar-refractivity contribution >= 4 is 11.8 Å². The Morgan fingerprint density at radius 1 is 1.71 bits per heavy atom. The third kappa shape index (κ3) is 1.81. The Morgan fingerprint density at radius 3 is 3.07 bits per heavy atom. The number of hydrogen-bond donors (Lipinski definition) is 1. The monoisotopic (exact) mass is 211 g/mol. The predicted molar refractivity (Wildman–Crippen MR) is 60.4 cm³/mol. The minimum atomic E-state index is 0.421. The van der Waals surface area contributed by atoms with E-state index in [4.69, 9.17) is 0 Å². The lowest BCUT2D eigenvalue weighted by molar-refractivity contribution is 0.394. The van der Waals surface area contributed by atoms with Crippen molar-refractivity contribution in [2.45, 2.75) is 12.5 Å². The molecule has 0 bridgehead atoms. The zero-order valence-corrected chi connectivity index (χ0v) is 9.55. The number of nitrogens with one attached hydrogen (secondary N) is 1. The highest BCUT2D eigenvalue weighted by molar-refractivity contribution is 7.99. The van der Waals surface area contributed by atoms with Gasteiger partial charge in [0.1, 0.15) is 5.82 Å². The second-order valence-corrected chi connectivity index (χ2v) is 4.94. The molecule has 3 nitrogen and oxygen atoms in total. The maximum absolute atomic E-state index is 4.42. The summed E-state index contributed by atoms with van der Waals surface area (Å²) in [5.74, 6) is 4.47. The largest absolute Gasteiger partial charge is 0.337 e. The molecule has 1 saturated heterocycles. The Hall–Kier alpha value is -0.480. The fraction of sp³-hybridized carbons (Fsp3) is 0.700. The summed E-state index contributed by atoms with van der Waals surface area (Å²) in [6.07, 6.45) is 5.20. The van der Waals surface area contributed by atoms with Gasteiger partial charge in [-0.15, -0.1) is 0 Å². The molecule has 2 atom stereocenters. The van der Waals surface area contributed by atoms with Gasteiger partial charge >= 0.3 is 0 Å². The van der Waals surface area contributed by atoms with Crippen molar-refractivity contribution < 1.29 is 0 Å². The molecule has 1 aliphatic heterocycles. The van der Waals surface area contributed by atoms with Crippen molar-refractivity contribution in [3.63, 3.8) is 0 Å². The molecule has 0 spiro atoms. The Bertz CT molecular complexity index is 291. The molecule has 78 valence electrons. The van der Waals surface area contributed by atoms with Gasteiger partial charge in [-0.3, -0.25) is 0 Å². The second kappa shape index (κ2) is 4.36. The van der Waals surface area contributed by atoms with Crippen molar-refractivity contribution in [1.29, 1.82) is 0 Å². The molecular weight excluding hydrogens is 194 g/mol. The number of thioether (sulfide) groups is 1. The Morgan fingerprint density at radius 2 is 2.57 bits per heavy atom. The van der Waals surface area contributed by atoms with E-state index in [0.29, 0.717) is 6.04 Å². The molecule has 1 fully saturated rings. The zero-order chi connectivity index (χ0) is 9.97. The first-order valence-corrected chi connectivity index (χ1v) is 6.20. The summed E-state index contributed by atoms with van der Waals surface area (Å²) in [5, 5.41) is 3.39. The third-order valence-electron chi connectivity index (χ3n) is 2.88. The molecule has 1 aromatic rings. The quantitative estimate of drug-likeness (QED) is 0.820. The molecule has 0 saturated carbocycles. The van der Waals surface area contributed by atoms with Crippen LogP contribution >= 0.6 is 11.8 Å². The first-order chi connectivity index (χ1) is 6.83. The molecule has 0 amide bonds. The second-order valence-electron chi connectivity index (χ2n) is 3.79. The standard InChI is InChI=1S/C10H17N3S/c1-11-9(8-3-6-14-7-8)10-12-4-5-13(10)2/h4-5,8-9,11H,3,6-7H2,1-2H3.